The van der Waals surface area contributed by atoms with E-state index >= 15 is 0 Å². The standard InChI is InChI=1S/C13H19N3O2/c1-8(2)10(7-14)15-9-4-5-11-12(6-9)18-13(17)16(11)3/h4-6,8,10,15H,7,14H2,1-3H3. The number of fused-ring (bicyclic) bond motifs is 1. The molecule has 18 heavy (non-hydrogen) atoms. The molecule has 1 aromatic carbocycles. The molecule has 0 radical (unpaired) electrons. The van der Waals surface area contributed by atoms with Crippen molar-refractivity contribution in [2.24, 2.45) is 18.7 Å². The molecule has 1 aromatic heterocycles. The Hall–Kier alpha value is -1.75. The topological polar surface area (TPSA) is 73.2 Å². The number of aryl methyl sites for hydroxylation is 1. The van der Waals surface area contributed by atoms with Gasteiger partial charge in [-0.05, 0) is 18.1 Å². The Balaban J connectivity index is 2.33. The Bertz CT molecular complexity index is 598. The number of anilines is 1. The zero-order valence-electron chi connectivity index (χ0n) is 10.9. The molecule has 5 heteroatoms. The lowest BCUT2D eigenvalue weighted by atomic mass is 10.0. The number of hydrogen-bond donors (Lipinski definition) is 2. The number of rotatable bonds is 4. The molecule has 98 valence electrons. The number of nitrogens with zero attached hydrogens (tertiary/aromatic N) is 1. The molecule has 1 heterocycles. The van der Waals surface area contributed by atoms with Gasteiger partial charge in [-0.1, -0.05) is 13.8 Å². The van der Waals surface area contributed by atoms with Gasteiger partial charge in [0.25, 0.3) is 0 Å². The van der Waals surface area contributed by atoms with Gasteiger partial charge in [0.2, 0.25) is 0 Å². The summed E-state index contributed by atoms with van der Waals surface area (Å²) >= 11 is 0. The number of benzene rings is 1. The number of hydrogen-bond acceptors (Lipinski definition) is 4. The second-order valence-electron chi connectivity index (χ2n) is 4.84. The van der Waals surface area contributed by atoms with E-state index in [2.05, 4.69) is 19.2 Å². The van der Waals surface area contributed by atoms with E-state index in [0.29, 0.717) is 18.0 Å². The van der Waals surface area contributed by atoms with Gasteiger partial charge in [0.1, 0.15) is 0 Å². The molecular formula is C13H19N3O2. The fourth-order valence-corrected chi connectivity index (χ4v) is 1.94. The molecule has 2 rings (SSSR count). The fraction of sp³-hybridized carbons (Fsp3) is 0.462. The minimum Gasteiger partial charge on any atom is -0.408 e. The van der Waals surface area contributed by atoms with Crippen molar-refractivity contribution >= 4 is 16.8 Å². The number of oxazole rings is 1. The molecule has 2 aromatic rings. The highest BCUT2D eigenvalue weighted by molar-refractivity contribution is 5.77. The molecule has 0 aliphatic rings. The van der Waals surface area contributed by atoms with E-state index in [0.717, 1.165) is 11.2 Å². The van der Waals surface area contributed by atoms with E-state index in [-0.39, 0.29) is 11.8 Å². The first-order valence-corrected chi connectivity index (χ1v) is 6.09. The highest BCUT2D eigenvalue weighted by Gasteiger charge is 2.12. The van der Waals surface area contributed by atoms with E-state index in [4.69, 9.17) is 10.2 Å². The smallest absolute Gasteiger partial charge is 0.408 e. The molecule has 0 spiro atoms. The van der Waals surface area contributed by atoms with E-state index < -0.39 is 0 Å². The quantitative estimate of drug-likeness (QED) is 0.861. The number of aromatic nitrogens is 1. The first kappa shape index (κ1) is 12.7. The van der Waals surface area contributed by atoms with E-state index in [1.165, 1.54) is 4.57 Å². The molecular weight excluding hydrogens is 230 g/mol. The minimum atomic E-state index is -0.346. The molecule has 0 fully saturated rings. The van der Waals surface area contributed by atoms with Crippen LogP contribution in [0.1, 0.15) is 13.8 Å². The van der Waals surface area contributed by atoms with Gasteiger partial charge >= 0.3 is 5.76 Å². The molecule has 5 nitrogen and oxygen atoms in total. The van der Waals surface area contributed by atoms with Crippen molar-refractivity contribution in [1.29, 1.82) is 0 Å². The third kappa shape index (κ3) is 2.26. The monoisotopic (exact) mass is 249 g/mol. The van der Waals surface area contributed by atoms with Gasteiger partial charge < -0.3 is 15.5 Å². The lowest BCUT2D eigenvalue weighted by molar-refractivity contribution is 0.526. The molecule has 0 bridgehead atoms. The summed E-state index contributed by atoms with van der Waals surface area (Å²) < 4.78 is 6.64. The van der Waals surface area contributed by atoms with Crippen molar-refractivity contribution in [3.05, 3.63) is 28.7 Å². The van der Waals surface area contributed by atoms with Crippen LogP contribution in [0.25, 0.3) is 11.1 Å². The summed E-state index contributed by atoms with van der Waals surface area (Å²) in [6.07, 6.45) is 0. The second kappa shape index (κ2) is 4.86. The Morgan fingerprint density at radius 1 is 1.44 bits per heavy atom. The summed E-state index contributed by atoms with van der Waals surface area (Å²) in [5.41, 5.74) is 8.02. The van der Waals surface area contributed by atoms with Gasteiger partial charge in [-0.25, -0.2) is 4.79 Å². The molecule has 0 saturated heterocycles. The van der Waals surface area contributed by atoms with Crippen LogP contribution in [-0.2, 0) is 7.05 Å². The van der Waals surface area contributed by atoms with Crippen LogP contribution >= 0.6 is 0 Å². The minimum absolute atomic E-state index is 0.206. The van der Waals surface area contributed by atoms with Crippen LogP contribution in [0.4, 0.5) is 5.69 Å². The van der Waals surface area contributed by atoms with Crippen LogP contribution in [0.3, 0.4) is 0 Å². The van der Waals surface area contributed by atoms with Crippen molar-refractivity contribution in [2.45, 2.75) is 19.9 Å². The first-order chi connectivity index (χ1) is 8.52. The Labute approximate surface area is 106 Å². The van der Waals surface area contributed by atoms with Crippen LogP contribution in [-0.4, -0.2) is 17.2 Å². The Morgan fingerprint density at radius 3 is 2.78 bits per heavy atom. The molecule has 1 atom stereocenters. The summed E-state index contributed by atoms with van der Waals surface area (Å²) in [4.78, 5) is 11.4. The average molecular weight is 249 g/mol. The third-order valence-corrected chi connectivity index (χ3v) is 3.20. The third-order valence-electron chi connectivity index (χ3n) is 3.20. The van der Waals surface area contributed by atoms with Gasteiger partial charge in [0, 0.05) is 31.4 Å². The maximum atomic E-state index is 11.4. The number of nitrogens with one attached hydrogen (secondary N) is 1. The van der Waals surface area contributed by atoms with E-state index in [1.54, 1.807) is 7.05 Å². The van der Waals surface area contributed by atoms with Crippen molar-refractivity contribution in [1.82, 2.24) is 4.57 Å². The van der Waals surface area contributed by atoms with Gasteiger partial charge in [-0.15, -0.1) is 0 Å². The Morgan fingerprint density at radius 2 is 2.17 bits per heavy atom. The van der Waals surface area contributed by atoms with Gasteiger partial charge in [-0.2, -0.15) is 0 Å². The van der Waals surface area contributed by atoms with Crippen LogP contribution in [0.2, 0.25) is 0 Å². The van der Waals surface area contributed by atoms with Crippen molar-refractivity contribution in [2.75, 3.05) is 11.9 Å². The molecule has 0 amide bonds. The second-order valence-corrected chi connectivity index (χ2v) is 4.84. The fourth-order valence-electron chi connectivity index (χ4n) is 1.94. The summed E-state index contributed by atoms with van der Waals surface area (Å²) in [5, 5.41) is 3.35. The normalized spacial score (nSPS) is 13.2. The van der Waals surface area contributed by atoms with E-state index in [1.807, 2.05) is 18.2 Å². The first-order valence-electron chi connectivity index (χ1n) is 6.09. The molecule has 0 aliphatic carbocycles. The largest absolute Gasteiger partial charge is 0.419 e. The van der Waals surface area contributed by atoms with Crippen LogP contribution in [0.15, 0.2) is 27.4 Å². The molecule has 0 aliphatic heterocycles. The predicted octanol–water partition coefficient (Wildman–Crippen LogP) is 1.53. The molecule has 0 saturated carbocycles. The summed E-state index contributed by atoms with van der Waals surface area (Å²) in [7, 11) is 1.69. The summed E-state index contributed by atoms with van der Waals surface area (Å²) in [6, 6.07) is 5.85. The maximum absolute atomic E-state index is 11.4. The van der Waals surface area contributed by atoms with Crippen LogP contribution in [0.5, 0.6) is 0 Å². The lowest BCUT2D eigenvalue weighted by Crippen LogP contribution is -2.33. The number of nitrogens with two attached hydrogens (primary N) is 1. The SMILES string of the molecule is CC(C)C(CN)Nc1ccc2c(c1)oc(=O)n2C. The maximum Gasteiger partial charge on any atom is 0.419 e. The lowest BCUT2D eigenvalue weighted by Gasteiger charge is -2.21. The Kier molecular flexibility index (Phi) is 3.43. The van der Waals surface area contributed by atoms with Crippen LogP contribution < -0.4 is 16.8 Å². The van der Waals surface area contributed by atoms with E-state index in [9.17, 15) is 4.79 Å². The average Bonchev–Trinajstić information content (AvgIpc) is 2.61. The zero-order chi connectivity index (χ0) is 13.3. The van der Waals surface area contributed by atoms with Crippen molar-refractivity contribution < 1.29 is 4.42 Å². The van der Waals surface area contributed by atoms with Crippen molar-refractivity contribution in [3.8, 4) is 0 Å². The highest BCUT2D eigenvalue weighted by Crippen LogP contribution is 2.19. The molecule has 3 N–H and O–H groups in total. The van der Waals surface area contributed by atoms with Gasteiger partial charge in [0.05, 0.1) is 5.52 Å². The van der Waals surface area contributed by atoms with Gasteiger partial charge in [0.15, 0.2) is 5.58 Å². The summed E-state index contributed by atoms with van der Waals surface area (Å²) in [5.74, 6) is 0.0925. The van der Waals surface area contributed by atoms with Crippen molar-refractivity contribution in [3.63, 3.8) is 0 Å². The van der Waals surface area contributed by atoms with Gasteiger partial charge in [-0.3, -0.25) is 4.57 Å². The highest BCUT2D eigenvalue weighted by atomic mass is 16.4. The molecule has 1 unspecified atom stereocenters. The predicted molar refractivity (Wildman–Crippen MR) is 72.8 cm³/mol. The van der Waals surface area contributed by atoms with Crippen LogP contribution in [0, 0.1) is 5.92 Å². The zero-order valence-corrected chi connectivity index (χ0v) is 10.9. The summed E-state index contributed by atoms with van der Waals surface area (Å²) in [6.45, 7) is 4.80.